The number of nitrogens with one attached hydrogen (secondary N) is 1. The first-order valence-electron chi connectivity index (χ1n) is 4.97. The largest absolute Gasteiger partial charge is 0.381 e. The van der Waals surface area contributed by atoms with Gasteiger partial charge in [-0.1, -0.05) is 0 Å². The third-order valence-corrected chi connectivity index (χ3v) is 2.61. The van der Waals surface area contributed by atoms with Gasteiger partial charge in [-0.2, -0.15) is 4.99 Å². The van der Waals surface area contributed by atoms with Crippen LogP contribution in [0.25, 0.3) is 0 Å². The summed E-state index contributed by atoms with van der Waals surface area (Å²) in [6.07, 6.45) is 0.386. The summed E-state index contributed by atoms with van der Waals surface area (Å²) >= 11 is 0. The van der Waals surface area contributed by atoms with Crippen LogP contribution < -0.4 is 5.73 Å². The van der Waals surface area contributed by atoms with Gasteiger partial charge >= 0.3 is 0 Å². The van der Waals surface area contributed by atoms with E-state index in [1.54, 1.807) is 4.90 Å². The quantitative estimate of drug-likeness (QED) is 0.363. The molecule has 1 aliphatic heterocycles. The summed E-state index contributed by atoms with van der Waals surface area (Å²) in [6.45, 7) is 1.17. The molecule has 0 bridgehead atoms. The summed E-state index contributed by atoms with van der Waals surface area (Å²) in [4.78, 5) is 17.4. The Morgan fingerprint density at radius 1 is 1.69 bits per heavy atom. The molecule has 0 amide bonds. The number of hydrogen-bond donors (Lipinski definition) is 2. The Morgan fingerprint density at radius 2 is 2.38 bits per heavy atom. The van der Waals surface area contributed by atoms with Crippen LogP contribution in [0.4, 0.5) is 4.39 Å². The third-order valence-electron chi connectivity index (χ3n) is 2.61. The lowest BCUT2D eigenvalue weighted by atomic mass is 10.2. The minimum absolute atomic E-state index is 0.0869. The molecule has 7 heteroatoms. The number of aliphatic imine (C=N–C) groups is 1. The number of halogens is 1. The molecule has 1 fully saturated rings. The van der Waals surface area contributed by atoms with Gasteiger partial charge in [-0.3, -0.25) is 15.1 Å². The number of likely N-dealkylation sites (N-methyl/N-ethyl adjacent to an activating group) is 1. The Hall–Kier alpha value is -1.50. The number of aldehydes is 1. The molecule has 6 nitrogen and oxygen atoms in total. The fourth-order valence-corrected chi connectivity index (χ4v) is 1.52. The first-order chi connectivity index (χ1) is 7.58. The van der Waals surface area contributed by atoms with E-state index >= 15 is 0 Å². The lowest BCUT2D eigenvalue weighted by molar-refractivity contribution is -0.102. The molecular formula is C9H16FN5O. The van der Waals surface area contributed by atoms with Crippen LogP contribution in [0.3, 0.4) is 0 Å². The van der Waals surface area contributed by atoms with Crippen molar-refractivity contribution < 1.29 is 9.18 Å². The average Bonchev–Trinajstić information content (AvgIpc) is 2.29. The van der Waals surface area contributed by atoms with E-state index < -0.39 is 6.67 Å². The van der Waals surface area contributed by atoms with Crippen molar-refractivity contribution >= 4 is 18.1 Å². The smallest absolute Gasteiger partial charge is 0.219 e. The molecule has 0 aliphatic carbocycles. The summed E-state index contributed by atoms with van der Waals surface area (Å²) in [5.41, 5.74) is 5.20. The number of hydrogen-bond acceptors (Lipinski definition) is 3. The maximum absolute atomic E-state index is 12.6. The average molecular weight is 229 g/mol. The van der Waals surface area contributed by atoms with Crippen molar-refractivity contribution in [3.63, 3.8) is 0 Å². The number of alkyl halides is 1. The van der Waals surface area contributed by atoms with Crippen LogP contribution in [-0.4, -0.2) is 67.3 Å². The van der Waals surface area contributed by atoms with Crippen LogP contribution in [0.5, 0.6) is 0 Å². The standard InChI is InChI=1S/C9H16FN5O/c1-14-2-3-15(5-7(14)4-10)9(12)13-8(11)6-16/h6-7H,2-5H2,1H3,(H3,11,12,13). The Balaban J connectivity index is 2.62. The van der Waals surface area contributed by atoms with E-state index in [0.29, 0.717) is 25.9 Å². The molecule has 1 heterocycles. The van der Waals surface area contributed by atoms with Crippen molar-refractivity contribution in [1.29, 1.82) is 5.41 Å². The molecule has 0 spiro atoms. The first kappa shape index (κ1) is 12.6. The zero-order valence-electron chi connectivity index (χ0n) is 9.19. The Bertz CT molecular complexity index is 306. The number of guanidine groups is 1. The maximum atomic E-state index is 12.6. The Kier molecular flexibility index (Phi) is 4.36. The molecule has 0 aromatic carbocycles. The van der Waals surface area contributed by atoms with Crippen LogP contribution in [0, 0.1) is 5.41 Å². The normalized spacial score (nSPS) is 23.2. The van der Waals surface area contributed by atoms with Gasteiger partial charge in [-0.15, -0.1) is 0 Å². The summed E-state index contributed by atoms with van der Waals surface area (Å²) < 4.78 is 12.6. The highest BCUT2D eigenvalue weighted by Gasteiger charge is 2.25. The van der Waals surface area contributed by atoms with Crippen LogP contribution in [0.15, 0.2) is 4.99 Å². The molecule has 1 atom stereocenters. The monoisotopic (exact) mass is 229 g/mol. The molecule has 1 aliphatic rings. The number of rotatable bonds is 2. The second-order valence-corrected chi connectivity index (χ2v) is 3.71. The van der Waals surface area contributed by atoms with E-state index in [1.165, 1.54) is 0 Å². The van der Waals surface area contributed by atoms with Crippen LogP contribution >= 0.6 is 0 Å². The minimum atomic E-state index is -0.465. The molecule has 3 N–H and O–H groups in total. The second kappa shape index (κ2) is 5.55. The predicted octanol–water partition coefficient (Wildman–Crippen LogP) is -0.937. The van der Waals surface area contributed by atoms with E-state index in [1.807, 2.05) is 11.9 Å². The van der Waals surface area contributed by atoms with E-state index in [9.17, 15) is 9.18 Å². The second-order valence-electron chi connectivity index (χ2n) is 3.71. The number of piperazine rings is 1. The summed E-state index contributed by atoms with van der Waals surface area (Å²) in [7, 11) is 1.84. The topological polar surface area (TPSA) is 85.8 Å². The van der Waals surface area contributed by atoms with Gasteiger partial charge in [0.25, 0.3) is 0 Å². The molecule has 0 radical (unpaired) electrons. The van der Waals surface area contributed by atoms with Crippen molar-refractivity contribution in [1.82, 2.24) is 9.80 Å². The summed E-state index contributed by atoms with van der Waals surface area (Å²) in [5.74, 6) is -0.322. The highest BCUT2D eigenvalue weighted by atomic mass is 19.1. The van der Waals surface area contributed by atoms with Crippen molar-refractivity contribution in [3.8, 4) is 0 Å². The molecule has 1 unspecified atom stereocenters. The van der Waals surface area contributed by atoms with Gasteiger partial charge in [-0.25, -0.2) is 4.39 Å². The van der Waals surface area contributed by atoms with Gasteiger partial charge in [-0.05, 0) is 7.05 Å². The SMILES string of the molecule is CN1CCN(C(=N)/N=C(\N)C=O)CC1CF. The van der Waals surface area contributed by atoms with Gasteiger partial charge in [0.2, 0.25) is 5.96 Å². The highest BCUT2D eigenvalue weighted by Crippen LogP contribution is 2.08. The summed E-state index contributed by atoms with van der Waals surface area (Å²) in [5, 5.41) is 7.61. The molecule has 0 saturated carbocycles. The van der Waals surface area contributed by atoms with Crippen LogP contribution in [0.1, 0.15) is 0 Å². The maximum Gasteiger partial charge on any atom is 0.219 e. The number of nitrogens with two attached hydrogens (primary N) is 1. The first-order valence-corrected chi connectivity index (χ1v) is 4.97. The zero-order valence-corrected chi connectivity index (χ0v) is 9.19. The molecule has 1 saturated heterocycles. The zero-order chi connectivity index (χ0) is 12.1. The number of carbonyl (C=O) groups excluding carboxylic acids is 1. The number of carbonyl (C=O) groups is 1. The lowest BCUT2D eigenvalue weighted by Gasteiger charge is -2.38. The number of nitrogens with zero attached hydrogens (tertiary/aromatic N) is 3. The number of amidine groups is 1. The van der Waals surface area contributed by atoms with Crippen molar-refractivity contribution in [2.45, 2.75) is 6.04 Å². The van der Waals surface area contributed by atoms with Crippen LogP contribution in [-0.2, 0) is 4.79 Å². The van der Waals surface area contributed by atoms with E-state index in [-0.39, 0.29) is 17.8 Å². The van der Waals surface area contributed by atoms with Gasteiger partial charge in [0.1, 0.15) is 6.67 Å². The molecule has 1 rings (SSSR count). The van der Waals surface area contributed by atoms with Crippen molar-refractivity contribution in [2.24, 2.45) is 10.7 Å². The van der Waals surface area contributed by atoms with Crippen molar-refractivity contribution in [3.05, 3.63) is 0 Å². The van der Waals surface area contributed by atoms with E-state index in [2.05, 4.69) is 4.99 Å². The van der Waals surface area contributed by atoms with E-state index in [4.69, 9.17) is 11.1 Å². The third kappa shape index (κ3) is 2.99. The van der Waals surface area contributed by atoms with Gasteiger partial charge in [0.15, 0.2) is 12.1 Å². The Labute approximate surface area is 93.4 Å². The minimum Gasteiger partial charge on any atom is -0.381 e. The van der Waals surface area contributed by atoms with Gasteiger partial charge in [0, 0.05) is 19.6 Å². The molecule has 16 heavy (non-hydrogen) atoms. The fourth-order valence-electron chi connectivity index (χ4n) is 1.52. The molecule has 0 aromatic heterocycles. The highest BCUT2D eigenvalue weighted by molar-refractivity contribution is 6.28. The van der Waals surface area contributed by atoms with Crippen molar-refractivity contribution in [2.75, 3.05) is 33.4 Å². The molecule has 90 valence electrons. The Morgan fingerprint density at radius 3 is 2.94 bits per heavy atom. The van der Waals surface area contributed by atoms with Gasteiger partial charge < -0.3 is 10.6 Å². The summed E-state index contributed by atoms with van der Waals surface area (Å²) in [6, 6.07) is -0.234. The predicted molar refractivity (Wildman–Crippen MR) is 59.4 cm³/mol. The molecule has 0 aromatic rings. The fraction of sp³-hybridized carbons (Fsp3) is 0.667. The van der Waals surface area contributed by atoms with E-state index in [0.717, 1.165) is 0 Å². The van der Waals surface area contributed by atoms with Gasteiger partial charge in [0.05, 0.1) is 6.04 Å². The lowest BCUT2D eigenvalue weighted by Crippen LogP contribution is -2.53. The molecular weight excluding hydrogens is 213 g/mol. The van der Waals surface area contributed by atoms with Crippen LogP contribution in [0.2, 0.25) is 0 Å².